The van der Waals surface area contributed by atoms with Crippen LogP contribution in [0.4, 0.5) is 4.39 Å². The summed E-state index contributed by atoms with van der Waals surface area (Å²) in [7, 11) is 1.80. The number of Topliss-reactive ketones (excluding diaryl/α,β-unsaturated/α-hetero) is 1. The van der Waals surface area contributed by atoms with Crippen molar-refractivity contribution >= 4 is 11.7 Å². The standard InChI is InChI=1S/C18H25FN2O2/c1-3-20(2)17(22)10-12-21-11-4-5-15(13-21)18(23)14-6-8-16(19)9-7-14/h6-9,15H,3-5,10-13H2,1-2H3. The molecule has 1 aromatic rings. The first-order chi connectivity index (χ1) is 11.0. The van der Waals surface area contributed by atoms with Gasteiger partial charge in [-0.05, 0) is 50.6 Å². The second-order valence-electron chi connectivity index (χ2n) is 6.17. The monoisotopic (exact) mass is 320 g/mol. The maximum Gasteiger partial charge on any atom is 0.223 e. The number of carbonyl (C=O) groups is 2. The Bertz CT molecular complexity index is 544. The fourth-order valence-electron chi connectivity index (χ4n) is 2.94. The molecule has 0 radical (unpaired) electrons. The van der Waals surface area contributed by atoms with Gasteiger partial charge in [0.2, 0.25) is 5.91 Å². The molecule has 1 aliphatic heterocycles. The summed E-state index contributed by atoms with van der Waals surface area (Å²) in [5, 5.41) is 0. The van der Waals surface area contributed by atoms with Crippen LogP contribution in [0.2, 0.25) is 0 Å². The van der Waals surface area contributed by atoms with E-state index in [1.54, 1.807) is 24.1 Å². The van der Waals surface area contributed by atoms with Gasteiger partial charge in [-0.2, -0.15) is 0 Å². The molecule has 1 atom stereocenters. The van der Waals surface area contributed by atoms with Gasteiger partial charge in [-0.15, -0.1) is 0 Å². The fraction of sp³-hybridized carbons (Fsp3) is 0.556. The molecule has 0 bridgehead atoms. The van der Waals surface area contributed by atoms with Gasteiger partial charge < -0.3 is 9.80 Å². The second kappa shape index (κ2) is 8.20. The quantitative estimate of drug-likeness (QED) is 0.757. The van der Waals surface area contributed by atoms with Crippen LogP contribution in [0.15, 0.2) is 24.3 Å². The predicted octanol–water partition coefficient (Wildman–Crippen LogP) is 2.59. The lowest BCUT2D eigenvalue weighted by Crippen LogP contribution is -2.40. The first kappa shape index (κ1) is 17.6. The molecule has 1 amide bonds. The Labute approximate surface area is 137 Å². The second-order valence-corrected chi connectivity index (χ2v) is 6.17. The number of amides is 1. The molecule has 1 aromatic carbocycles. The van der Waals surface area contributed by atoms with E-state index in [0.29, 0.717) is 31.6 Å². The van der Waals surface area contributed by atoms with E-state index in [9.17, 15) is 14.0 Å². The number of carbonyl (C=O) groups excluding carboxylic acids is 2. The summed E-state index contributed by atoms with van der Waals surface area (Å²) in [6, 6.07) is 5.76. The third kappa shape index (κ3) is 4.86. The highest BCUT2D eigenvalue weighted by molar-refractivity contribution is 5.98. The number of halogens is 1. The molecule has 2 rings (SSSR count). The Balaban J connectivity index is 1.89. The lowest BCUT2D eigenvalue weighted by atomic mass is 9.90. The number of ketones is 1. The van der Waals surface area contributed by atoms with E-state index >= 15 is 0 Å². The van der Waals surface area contributed by atoms with Crippen molar-refractivity contribution in [2.75, 3.05) is 33.2 Å². The van der Waals surface area contributed by atoms with Crippen molar-refractivity contribution in [3.63, 3.8) is 0 Å². The van der Waals surface area contributed by atoms with Gasteiger partial charge in [-0.3, -0.25) is 9.59 Å². The van der Waals surface area contributed by atoms with Crippen LogP contribution in [0.1, 0.15) is 36.5 Å². The lowest BCUT2D eigenvalue weighted by Gasteiger charge is -2.32. The molecule has 5 heteroatoms. The summed E-state index contributed by atoms with van der Waals surface area (Å²) in [4.78, 5) is 28.3. The number of nitrogens with zero attached hydrogens (tertiary/aromatic N) is 2. The maximum absolute atomic E-state index is 13.0. The Hall–Kier alpha value is -1.75. The van der Waals surface area contributed by atoms with Crippen molar-refractivity contribution in [3.05, 3.63) is 35.6 Å². The van der Waals surface area contributed by atoms with Crippen molar-refractivity contribution in [1.29, 1.82) is 0 Å². The summed E-state index contributed by atoms with van der Waals surface area (Å²) in [5.41, 5.74) is 0.569. The fourth-order valence-corrected chi connectivity index (χ4v) is 2.94. The van der Waals surface area contributed by atoms with Gasteiger partial charge in [0.1, 0.15) is 5.82 Å². The average Bonchev–Trinajstić information content (AvgIpc) is 2.59. The van der Waals surface area contributed by atoms with Crippen LogP contribution >= 0.6 is 0 Å². The van der Waals surface area contributed by atoms with Gasteiger partial charge in [0, 0.05) is 44.6 Å². The Kier molecular flexibility index (Phi) is 6.28. The number of likely N-dealkylation sites (tertiary alicyclic amines) is 1. The van der Waals surface area contributed by atoms with E-state index < -0.39 is 0 Å². The molecule has 1 aliphatic rings. The van der Waals surface area contributed by atoms with Crippen molar-refractivity contribution in [3.8, 4) is 0 Å². The molecule has 0 saturated carbocycles. The van der Waals surface area contributed by atoms with E-state index in [-0.39, 0.29) is 23.4 Å². The van der Waals surface area contributed by atoms with Crippen LogP contribution in [0.5, 0.6) is 0 Å². The molecular formula is C18H25FN2O2. The number of benzene rings is 1. The first-order valence-electron chi connectivity index (χ1n) is 8.27. The summed E-state index contributed by atoms with van der Waals surface area (Å²) in [6.07, 6.45) is 2.30. The summed E-state index contributed by atoms with van der Waals surface area (Å²) >= 11 is 0. The van der Waals surface area contributed by atoms with E-state index in [4.69, 9.17) is 0 Å². The molecule has 0 aromatic heterocycles. The summed E-state index contributed by atoms with van der Waals surface area (Å²) in [6.45, 7) is 4.96. The van der Waals surface area contributed by atoms with Crippen molar-refractivity contribution < 1.29 is 14.0 Å². The Morgan fingerprint density at radius 3 is 2.65 bits per heavy atom. The number of hydrogen-bond donors (Lipinski definition) is 0. The van der Waals surface area contributed by atoms with Gasteiger partial charge in [0.15, 0.2) is 5.78 Å². The van der Waals surface area contributed by atoms with Gasteiger partial charge in [-0.1, -0.05) is 0 Å². The topological polar surface area (TPSA) is 40.6 Å². The number of piperidine rings is 1. The average molecular weight is 320 g/mol. The highest BCUT2D eigenvalue weighted by Gasteiger charge is 2.26. The van der Waals surface area contributed by atoms with Gasteiger partial charge in [0.25, 0.3) is 0 Å². The van der Waals surface area contributed by atoms with Crippen LogP contribution in [-0.4, -0.2) is 54.7 Å². The molecule has 23 heavy (non-hydrogen) atoms. The van der Waals surface area contributed by atoms with E-state index in [1.165, 1.54) is 12.1 Å². The third-order valence-electron chi connectivity index (χ3n) is 4.55. The Morgan fingerprint density at radius 2 is 2.00 bits per heavy atom. The van der Waals surface area contributed by atoms with Crippen LogP contribution in [0, 0.1) is 11.7 Å². The maximum atomic E-state index is 13.0. The molecule has 1 fully saturated rings. The van der Waals surface area contributed by atoms with Crippen molar-refractivity contribution in [1.82, 2.24) is 9.80 Å². The first-order valence-corrected chi connectivity index (χ1v) is 8.27. The smallest absolute Gasteiger partial charge is 0.223 e. The lowest BCUT2D eigenvalue weighted by molar-refractivity contribution is -0.130. The molecule has 0 aliphatic carbocycles. The normalized spacial score (nSPS) is 18.7. The van der Waals surface area contributed by atoms with Crippen LogP contribution in [0.25, 0.3) is 0 Å². The minimum absolute atomic E-state index is 0.0618. The highest BCUT2D eigenvalue weighted by atomic mass is 19.1. The molecule has 4 nitrogen and oxygen atoms in total. The third-order valence-corrected chi connectivity index (χ3v) is 4.55. The van der Waals surface area contributed by atoms with E-state index in [2.05, 4.69) is 4.90 Å². The van der Waals surface area contributed by atoms with E-state index in [1.807, 2.05) is 6.92 Å². The summed E-state index contributed by atoms with van der Waals surface area (Å²) in [5.74, 6) is -0.176. The SMILES string of the molecule is CCN(C)C(=O)CCN1CCCC(C(=O)c2ccc(F)cc2)C1. The zero-order valence-corrected chi connectivity index (χ0v) is 13.9. The van der Waals surface area contributed by atoms with Gasteiger partial charge in [0.05, 0.1) is 0 Å². The molecule has 1 saturated heterocycles. The molecule has 0 spiro atoms. The minimum Gasteiger partial charge on any atom is -0.346 e. The van der Waals surface area contributed by atoms with Crippen LogP contribution < -0.4 is 0 Å². The summed E-state index contributed by atoms with van der Waals surface area (Å²) < 4.78 is 13.0. The molecule has 0 N–H and O–H groups in total. The van der Waals surface area contributed by atoms with Gasteiger partial charge in [-0.25, -0.2) is 4.39 Å². The van der Waals surface area contributed by atoms with Crippen molar-refractivity contribution in [2.24, 2.45) is 5.92 Å². The number of rotatable bonds is 6. The van der Waals surface area contributed by atoms with Gasteiger partial charge >= 0.3 is 0 Å². The van der Waals surface area contributed by atoms with Crippen molar-refractivity contribution in [2.45, 2.75) is 26.2 Å². The van der Waals surface area contributed by atoms with E-state index in [0.717, 1.165) is 19.4 Å². The minimum atomic E-state index is -0.328. The molecular weight excluding hydrogens is 295 g/mol. The zero-order chi connectivity index (χ0) is 16.8. The van der Waals surface area contributed by atoms with Crippen LogP contribution in [-0.2, 0) is 4.79 Å². The molecule has 126 valence electrons. The number of hydrogen-bond acceptors (Lipinski definition) is 3. The molecule has 1 heterocycles. The highest BCUT2D eigenvalue weighted by Crippen LogP contribution is 2.21. The van der Waals surface area contributed by atoms with Crippen LogP contribution in [0.3, 0.4) is 0 Å². The Morgan fingerprint density at radius 1 is 1.30 bits per heavy atom. The molecule has 1 unspecified atom stereocenters. The zero-order valence-electron chi connectivity index (χ0n) is 13.9. The largest absolute Gasteiger partial charge is 0.346 e. The predicted molar refractivity (Wildman–Crippen MR) is 87.8 cm³/mol.